The molecule has 4 nitrogen and oxygen atoms in total. The van der Waals surface area contributed by atoms with E-state index < -0.39 is 12.0 Å². The average Bonchev–Trinajstić information content (AvgIpc) is 2.46. The Hall–Kier alpha value is -1.39. The molecular weight excluding hydrogens is 242 g/mol. The van der Waals surface area contributed by atoms with Gasteiger partial charge in [-0.15, -0.1) is 0 Å². The number of ether oxygens (including phenoxy) is 1. The van der Waals surface area contributed by atoms with Gasteiger partial charge in [0.1, 0.15) is 6.04 Å². The minimum Gasteiger partial charge on any atom is -0.480 e. The molecule has 1 unspecified atom stereocenters. The van der Waals surface area contributed by atoms with Crippen molar-refractivity contribution < 1.29 is 14.6 Å². The highest BCUT2D eigenvalue weighted by Gasteiger charge is 2.26. The number of rotatable bonds is 5. The number of piperidine rings is 1. The Bertz CT molecular complexity index is 399. The molecule has 0 spiro atoms. The van der Waals surface area contributed by atoms with Crippen LogP contribution in [0.3, 0.4) is 0 Å². The topological polar surface area (TPSA) is 49.8 Å². The minimum atomic E-state index is -0.747. The SMILES string of the molecule is CC(C(=O)O)N1CCC(OCc2ccccc2)CC1. The molecule has 0 saturated carbocycles. The van der Waals surface area contributed by atoms with Gasteiger partial charge in [-0.25, -0.2) is 0 Å². The number of benzene rings is 1. The predicted molar refractivity (Wildman–Crippen MR) is 72.9 cm³/mol. The van der Waals surface area contributed by atoms with E-state index in [-0.39, 0.29) is 6.10 Å². The largest absolute Gasteiger partial charge is 0.480 e. The molecule has 1 aromatic rings. The lowest BCUT2D eigenvalue weighted by Gasteiger charge is -2.34. The van der Waals surface area contributed by atoms with Crippen molar-refractivity contribution in [1.29, 1.82) is 0 Å². The lowest BCUT2D eigenvalue weighted by Crippen LogP contribution is -2.45. The summed E-state index contributed by atoms with van der Waals surface area (Å²) in [7, 11) is 0. The van der Waals surface area contributed by atoms with Crippen LogP contribution in [0.25, 0.3) is 0 Å². The molecule has 1 aliphatic rings. The molecule has 104 valence electrons. The molecule has 0 bridgehead atoms. The van der Waals surface area contributed by atoms with Gasteiger partial charge in [-0.1, -0.05) is 30.3 Å². The molecule has 0 amide bonds. The number of aliphatic carboxylic acids is 1. The van der Waals surface area contributed by atoms with Gasteiger partial charge in [-0.05, 0) is 25.3 Å². The van der Waals surface area contributed by atoms with E-state index in [4.69, 9.17) is 9.84 Å². The van der Waals surface area contributed by atoms with Gasteiger partial charge in [-0.2, -0.15) is 0 Å². The van der Waals surface area contributed by atoms with Crippen LogP contribution in [0.5, 0.6) is 0 Å². The van der Waals surface area contributed by atoms with Crippen LogP contribution < -0.4 is 0 Å². The van der Waals surface area contributed by atoms with Crippen LogP contribution in [0.15, 0.2) is 30.3 Å². The van der Waals surface area contributed by atoms with Crippen LogP contribution in [0.4, 0.5) is 0 Å². The third-order valence-corrected chi connectivity index (χ3v) is 3.71. The van der Waals surface area contributed by atoms with Gasteiger partial charge in [-0.3, -0.25) is 9.69 Å². The van der Waals surface area contributed by atoms with Crippen molar-refractivity contribution in [2.24, 2.45) is 0 Å². The van der Waals surface area contributed by atoms with Crippen molar-refractivity contribution in [1.82, 2.24) is 4.90 Å². The molecule has 1 N–H and O–H groups in total. The monoisotopic (exact) mass is 263 g/mol. The number of hydrogen-bond acceptors (Lipinski definition) is 3. The zero-order valence-electron chi connectivity index (χ0n) is 11.3. The van der Waals surface area contributed by atoms with Crippen molar-refractivity contribution in [2.45, 2.75) is 38.5 Å². The van der Waals surface area contributed by atoms with Gasteiger partial charge in [0.2, 0.25) is 0 Å². The Balaban J connectivity index is 1.73. The van der Waals surface area contributed by atoms with Crippen molar-refractivity contribution in [3.63, 3.8) is 0 Å². The zero-order valence-corrected chi connectivity index (χ0v) is 11.3. The molecule has 1 saturated heterocycles. The van der Waals surface area contributed by atoms with Crippen molar-refractivity contribution in [3.8, 4) is 0 Å². The van der Waals surface area contributed by atoms with E-state index in [9.17, 15) is 4.79 Å². The smallest absolute Gasteiger partial charge is 0.320 e. The second-order valence-electron chi connectivity index (χ2n) is 5.05. The molecule has 19 heavy (non-hydrogen) atoms. The average molecular weight is 263 g/mol. The highest BCUT2D eigenvalue weighted by Crippen LogP contribution is 2.17. The second kappa shape index (κ2) is 6.68. The number of nitrogens with zero attached hydrogens (tertiary/aromatic N) is 1. The Kier molecular flexibility index (Phi) is 4.93. The summed E-state index contributed by atoms with van der Waals surface area (Å²) in [5.74, 6) is -0.747. The van der Waals surface area contributed by atoms with E-state index in [0.717, 1.165) is 25.9 Å². The van der Waals surface area contributed by atoms with E-state index in [1.807, 2.05) is 23.1 Å². The maximum Gasteiger partial charge on any atom is 0.320 e. The fourth-order valence-corrected chi connectivity index (χ4v) is 2.37. The predicted octanol–water partition coefficient (Wildman–Crippen LogP) is 2.14. The number of likely N-dealkylation sites (tertiary alicyclic amines) is 1. The Morgan fingerprint density at radius 2 is 2.00 bits per heavy atom. The van der Waals surface area contributed by atoms with Crippen molar-refractivity contribution in [3.05, 3.63) is 35.9 Å². The number of carboxylic acid groups (broad SMARTS) is 1. The summed E-state index contributed by atoms with van der Waals surface area (Å²) in [4.78, 5) is 12.9. The third-order valence-electron chi connectivity index (χ3n) is 3.71. The maximum atomic E-state index is 10.9. The van der Waals surface area contributed by atoms with Crippen LogP contribution in [-0.2, 0) is 16.1 Å². The van der Waals surface area contributed by atoms with E-state index in [0.29, 0.717) is 6.61 Å². The summed E-state index contributed by atoms with van der Waals surface area (Å²) < 4.78 is 5.88. The first kappa shape index (κ1) is 14.0. The highest BCUT2D eigenvalue weighted by atomic mass is 16.5. The molecule has 1 aliphatic heterocycles. The van der Waals surface area contributed by atoms with E-state index in [1.54, 1.807) is 6.92 Å². The Morgan fingerprint density at radius 1 is 1.37 bits per heavy atom. The lowest BCUT2D eigenvalue weighted by atomic mass is 10.1. The van der Waals surface area contributed by atoms with Gasteiger partial charge in [0, 0.05) is 13.1 Å². The third kappa shape index (κ3) is 4.04. The second-order valence-corrected chi connectivity index (χ2v) is 5.05. The first-order chi connectivity index (χ1) is 9.16. The maximum absolute atomic E-state index is 10.9. The quantitative estimate of drug-likeness (QED) is 0.884. The molecule has 1 aromatic carbocycles. The zero-order chi connectivity index (χ0) is 13.7. The first-order valence-corrected chi connectivity index (χ1v) is 6.79. The van der Waals surface area contributed by atoms with Crippen molar-refractivity contribution >= 4 is 5.97 Å². The summed E-state index contributed by atoms with van der Waals surface area (Å²) in [5.41, 5.74) is 1.18. The van der Waals surface area contributed by atoms with Crippen LogP contribution in [0.1, 0.15) is 25.3 Å². The Labute approximate surface area is 114 Å². The van der Waals surface area contributed by atoms with Crippen LogP contribution in [-0.4, -0.2) is 41.2 Å². The molecule has 0 radical (unpaired) electrons. The van der Waals surface area contributed by atoms with Crippen LogP contribution in [0, 0.1) is 0 Å². The molecule has 0 aliphatic carbocycles. The van der Waals surface area contributed by atoms with Crippen molar-refractivity contribution in [2.75, 3.05) is 13.1 Å². The number of carbonyl (C=O) groups is 1. The molecule has 1 atom stereocenters. The fourth-order valence-electron chi connectivity index (χ4n) is 2.37. The molecule has 1 fully saturated rings. The van der Waals surface area contributed by atoms with Crippen LogP contribution in [0.2, 0.25) is 0 Å². The van der Waals surface area contributed by atoms with Gasteiger partial charge < -0.3 is 9.84 Å². The van der Waals surface area contributed by atoms with Gasteiger partial charge in [0.25, 0.3) is 0 Å². The summed E-state index contributed by atoms with van der Waals surface area (Å²) in [6.07, 6.45) is 2.06. The normalized spacial score (nSPS) is 19.2. The first-order valence-electron chi connectivity index (χ1n) is 6.79. The summed E-state index contributed by atoms with van der Waals surface area (Å²) in [6.45, 7) is 3.98. The van der Waals surface area contributed by atoms with E-state index >= 15 is 0 Å². The standard InChI is InChI=1S/C15H21NO3/c1-12(15(17)18)16-9-7-14(8-10-16)19-11-13-5-3-2-4-6-13/h2-6,12,14H,7-11H2,1H3,(H,17,18). The summed E-state index contributed by atoms with van der Waals surface area (Å²) >= 11 is 0. The van der Waals surface area contributed by atoms with Gasteiger partial charge >= 0.3 is 5.97 Å². The van der Waals surface area contributed by atoms with Crippen LogP contribution >= 0.6 is 0 Å². The highest BCUT2D eigenvalue weighted by molar-refractivity contribution is 5.72. The Morgan fingerprint density at radius 3 is 2.58 bits per heavy atom. The van der Waals surface area contributed by atoms with E-state index in [1.165, 1.54) is 5.56 Å². The molecule has 0 aromatic heterocycles. The number of carboxylic acids is 1. The molecule has 2 rings (SSSR count). The lowest BCUT2D eigenvalue weighted by molar-refractivity contribution is -0.143. The van der Waals surface area contributed by atoms with E-state index in [2.05, 4.69) is 12.1 Å². The summed E-state index contributed by atoms with van der Waals surface area (Å²) in [6, 6.07) is 9.74. The number of hydrogen-bond donors (Lipinski definition) is 1. The van der Waals surface area contributed by atoms with Gasteiger partial charge in [0.05, 0.1) is 12.7 Å². The molecule has 4 heteroatoms. The molecule has 1 heterocycles. The minimum absolute atomic E-state index is 0.248. The van der Waals surface area contributed by atoms with Gasteiger partial charge in [0.15, 0.2) is 0 Å². The fraction of sp³-hybridized carbons (Fsp3) is 0.533. The summed E-state index contributed by atoms with van der Waals surface area (Å²) in [5, 5.41) is 8.98. The molecular formula is C15H21NO3.